The Balaban J connectivity index is 2.09. The zero-order valence-electron chi connectivity index (χ0n) is 14.7. The minimum Gasteiger partial charge on any atom is -0.370 e. The lowest BCUT2D eigenvalue weighted by molar-refractivity contribution is -0.114. The van der Waals surface area contributed by atoms with Gasteiger partial charge in [-0.1, -0.05) is 19.9 Å². The fraction of sp³-hybridized carbons (Fsp3) is 0.389. The standard InChI is InChI=1S/C18H25N5O/c1-12(2)8-9-19-17-11-18(21-13(3)20-17)23-16-7-5-6-15(10-16)22-14(4)24/h5-7,10-12H,8-9H2,1-4H3,(H,22,24)(H2,19,20,21,23). The van der Waals surface area contributed by atoms with Crippen molar-refractivity contribution in [1.82, 2.24) is 9.97 Å². The molecule has 0 aliphatic carbocycles. The molecule has 0 saturated heterocycles. The van der Waals surface area contributed by atoms with Gasteiger partial charge in [0.15, 0.2) is 0 Å². The maximum absolute atomic E-state index is 11.2. The fourth-order valence-electron chi connectivity index (χ4n) is 2.24. The highest BCUT2D eigenvalue weighted by Crippen LogP contribution is 2.20. The molecule has 6 heteroatoms. The van der Waals surface area contributed by atoms with Crippen molar-refractivity contribution in [3.05, 3.63) is 36.2 Å². The molecule has 6 nitrogen and oxygen atoms in total. The Bertz CT molecular complexity index is 700. The Labute approximate surface area is 143 Å². The monoisotopic (exact) mass is 327 g/mol. The van der Waals surface area contributed by atoms with E-state index in [2.05, 4.69) is 39.8 Å². The van der Waals surface area contributed by atoms with Crippen molar-refractivity contribution < 1.29 is 4.79 Å². The molecule has 2 aromatic rings. The van der Waals surface area contributed by atoms with E-state index < -0.39 is 0 Å². The van der Waals surface area contributed by atoms with E-state index in [4.69, 9.17) is 0 Å². The Morgan fingerprint density at radius 1 is 1.12 bits per heavy atom. The van der Waals surface area contributed by atoms with Gasteiger partial charge in [-0.3, -0.25) is 4.79 Å². The predicted octanol–water partition coefficient (Wildman–Crippen LogP) is 3.95. The number of rotatable bonds is 7. The molecule has 1 heterocycles. The SMILES string of the molecule is CC(=O)Nc1cccc(Nc2cc(NCCC(C)C)nc(C)n2)c1. The van der Waals surface area contributed by atoms with Crippen LogP contribution in [0.5, 0.6) is 0 Å². The topological polar surface area (TPSA) is 78.9 Å². The molecule has 0 aliphatic rings. The number of carbonyl (C=O) groups is 1. The zero-order chi connectivity index (χ0) is 17.5. The van der Waals surface area contributed by atoms with Crippen molar-refractivity contribution in [3.63, 3.8) is 0 Å². The van der Waals surface area contributed by atoms with Crippen LogP contribution < -0.4 is 16.0 Å². The minimum atomic E-state index is -0.0957. The van der Waals surface area contributed by atoms with Gasteiger partial charge in [0.05, 0.1) is 0 Å². The van der Waals surface area contributed by atoms with Gasteiger partial charge in [0.2, 0.25) is 5.91 Å². The molecule has 0 aliphatic heterocycles. The highest BCUT2D eigenvalue weighted by Gasteiger charge is 2.04. The van der Waals surface area contributed by atoms with Crippen LogP contribution in [0, 0.1) is 12.8 Å². The van der Waals surface area contributed by atoms with Crippen LogP contribution >= 0.6 is 0 Å². The number of nitrogens with one attached hydrogen (secondary N) is 3. The average molecular weight is 327 g/mol. The molecule has 0 saturated carbocycles. The predicted molar refractivity (Wildman–Crippen MR) is 98.7 cm³/mol. The lowest BCUT2D eigenvalue weighted by Crippen LogP contribution is -2.08. The van der Waals surface area contributed by atoms with Crippen LogP contribution in [0.15, 0.2) is 30.3 Å². The van der Waals surface area contributed by atoms with Gasteiger partial charge >= 0.3 is 0 Å². The van der Waals surface area contributed by atoms with Crippen LogP contribution in [-0.2, 0) is 4.79 Å². The van der Waals surface area contributed by atoms with E-state index in [9.17, 15) is 4.79 Å². The van der Waals surface area contributed by atoms with Crippen molar-refractivity contribution >= 4 is 28.9 Å². The summed E-state index contributed by atoms with van der Waals surface area (Å²) in [5.74, 6) is 2.78. The summed E-state index contributed by atoms with van der Waals surface area (Å²) in [6.45, 7) is 8.63. The van der Waals surface area contributed by atoms with Gasteiger partial charge in [0.1, 0.15) is 17.5 Å². The summed E-state index contributed by atoms with van der Waals surface area (Å²) in [6.07, 6.45) is 1.09. The van der Waals surface area contributed by atoms with Crippen LogP contribution in [-0.4, -0.2) is 22.4 Å². The average Bonchev–Trinajstić information content (AvgIpc) is 2.45. The van der Waals surface area contributed by atoms with Crippen LogP contribution in [0.1, 0.15) is 33.0 Å². The smallest absolute Gasteiger partial charge is 0.221 e. The normalized spacial score (nSPS) is 10.5. The molecule has 1 amide bonds. The highest BCUT2D eigenvalue weighted by atomic mass is 16.1. The number of hydrogen-bond donors (Lipinski definition) is 3. The van der Waals surface area contributed by atoms with Gasteiger partial charge < -0.3 is 16.0 Å². The van der Waals surface area contributed by atoms with Gasteiger partial charge in [0, 0.05) is 30.9 Å². The quantitative estimate of drug-likeness (QED) is 0.718. The molecule has 128 valence electrons. The maximum atomic E-state index is 11.2. The van der Waals surface area contributed by atoms with E-state index in [0.717, 1.165) is 36.0 Å². The first kappa shape index (κ1) is 17.7. The molecule has 0 unspecified atom stereocenters. The first-order valence-corrected chi connectivity index (χ1v) is 8.16. The second-order valence-corrected chi connectivity index (χ2v) is 6.18. The van der Waals surface area contributed by atoms with Crippen molar-refractivity contribution in [2.45, 2.75) is 34.1 Å². The summed E-state index contributed by atoms with van der Waals surface area (Å²) < 4.78 is 0. The molecule has 1 aromatic carbocycles. The number of anilines is 4. The number of nitrogens with zero attached hydrogens (tertiary/aromatic N) is 2. The number of hydrogen-bond acceptors (Lipinski definition) is 5. The Hall–Kier alpha value is -2.63. The summed E-state index contributed by atoms with van der Waals surface area (Å²) in [6, 6.07) is 9.40. The van der Waals surface area contributed by atoms with Gasteiger partial charge in [0.25, 0.3) is 0 Å². The molecule has 0 spiro atoms. The van der Waals surface area contributed by atoms with Crippen LogP contribution in [0.2, 0.25) is 0 Å². The van der Waals surface area contributed by atoms with Gasteiger partial charge in [-0.2, -0.15) is 0 Å². The number of carbonyl (C=O) groups excluding carboxylic acids is 1. The second-order valence-electron chi connectivity index (χ2n) is 6.18. The third kappa shape index (κ3) is 5.87. The third-order valence-corrected chi connectivity index (χ3v) is 3.32. The first-order valence-electron chi connectivity index (χ1n) is 8.16. The number of aryl methyl sites for hydroxylation is 1. The number of amides is 1. The molecule has 0 atom stereocenters. The Morgan fingerprint density at radius 2 is 1.83 bits per heavy atom. The van der Waals surface area contributed by atoms with Crippen molar-refractivity contribution in [3.8, 4) is 0 Å². The summed E-state index contributed by atoms with van der Waals surface area (Å²) in [7, 11) is 0. The highest BCUT2D eigenvalue weighted by molar-refractivity contribution is 5.89. The molecule has 3 N–H and O–H groups in total. The molecule has 0 bridgehead atoms. The zero-order valence-corrected chi connectivity index (χ0v) is 14.7. The number of benzene rings is 1. The van der Waals surface area contributed by atoms with E-state index in [1.54, 1.807) is 0 Å². The van der Waals surface area contributed by atoms with Crippen molar-refractivity contribution in [2.75, 3.05) is 22.5 Å². The summed E-state index contributed by atoms with van der Waals surface area (Å²) in [5, 5.41) is 9.36. The van der Waals surface area contributed by atoms with E-state index in [1.807, 2.05) is 37.3 Å². The van der Waals surface area contributed by atoms with Crippen molar-refractivity contribution in [1.29, 1.82) is 0 Å². The lowest BCUT2D eigenvalue weighted by atomic mass is 10.1. The number of aromatic nitrogens is 2. The third-order valence-electron chi connectivity index (χ3n) is 3.32. The summed E-state index contributed by atoms with van der Waals surface area (Å²) in [4.78, 5) is 20.0. The minimum absolute atomic E-state index is 0.0957. The van der Waals surface area contributed by atoms with Crippen LogP contribution in [0.4, 0.5) is 23.0 Å². The van der Waals surface area contributed by atoms with Gasteiger partial charge in [-0.15, -0.1) is 0 Å². The molecular weight excluding hydrogens is 302 g/mol. The Morgan fingerprint density at radius 3 is 2.54 bits per heavy atom. The van der Waals surface area contributed by atoms with E-state index >= 15 is 0 Å². The van der Waals surface area contributed by atoms with Crippen LogP contribution in [0.25, 0.3) is 0 Å². The van der Waals surface area contributed by atoms with E-state index in [0.29, 0.717) is 11.7 Å². The van der Waals surface area contributed by atoms with Crippen molar-refractivity contribution in [2.24, 2.45) is 5.92 Å². The summed E-state index contributed by atoms with van der Waals surface area (Å²) >= 11 is 0. The van der Waals surface area contributed by atoms with E-state index in [-0.39, 0.29) is 5.91 Å². The lowest BCUT2D eigenvalue weighted by Gasteiger charge is -2.12. The molecule has 1 aromatic heterocycles. The fourth-order valence-corrected chi connectivity index (χ4v) is 2.24. The van der Waals surface area contributed by atoms with Gasteiger partial charge in [-0.05, 0) is 37.5 Å². The second kappa shape index (κ2) is 8.29. The maximum Gasteiger partial charge on any atom is 0.221 e. The first-order chi connectivity index (χ1) is 11.4. The Kier molecular flexibility index (Phi) is 6.12. The molecule has 24 heavy (non-hydrogen) atoms. The molecule has 0 fully saturated rings. The molecule has 2 rings (SSSR count). The van der Waals surface area contributed by atoms with Crippen LogP contribution in [0.3, 0.4) is 0 Å². The molecular formula is C18H25N5O. The molecule has 0 radical (unpaired) electrons. The van der Waals surface area contributed by atoms with Gasteiger partial charge in [-0.25, -0.2) is 9.97 Å². The van der Waals surface area contributed by atoms with E-state index in [1.165, 1.54) is 6.92 Å². The largest absolute Gasteiger partial charge is 0.370 e. The summed E-state index contributed by atoms with van der Waals surface area (Å²) in [5.41, 5.74) is 1.60.